The van der Waals surface area contributed by atoms with Crippen LogP contribution in [-0.4, -0.2) is 17.1 Å². The molecule has 2 heterocycles. The molecule has 0 spiro atoms. The summed E-state index contributed by atoms with van der Waals surface area (Å²) in [6, 6.07) is 26.7. The van der Waals surface area contributed by atoms with Crippen molar-refractivity contribution in [3.63, 3.8) is 0 Å². The summed E-state index contributed by atoms with van der Waals surface area (Å²) in [5, 5.41) is 2.49. The minimum absolute atomic E-state index is 0.0235. The van der Waals surface area contributed by atoms with Crippen molar-refractivity contribution in [3.05, 3.63) is 97.0 Å². The largest absolute Gasteiger partial charge is 0.459 e. The highest BCUT2D eigenvalue weighted by molar-refractivity contribution is 8.00. The molecule has 5 nitrogen and oxygen atoms in total. The number of thioether (sulfide) groups is 1. The number of para-hydroxylation sites is 2. The number of fused-ring (bicyclic) bond motifs is 2. The fraction of sp³-hybridized carbons (Fsp3) is 0.0769. The number of carbonyl (C=O) groups excluding carboxylic acids is 2. The fourth-order valence-corrected chi connectivity index (χ4v) is 5.56. The Balaban J connectivity index is 1.32. The number of anilines is 3. The zero-order valence-electron chi connectivity index (χ0n) is 17.7. The number of hydrogen-bond acceptors (Lipinski definition) is 5. The van der Waals surface area contributed by atoms with Gasteiger partial charge in [0.1, 0.15) is 0 Å². The summed E-state index contributed by atoms with van der Waals surface area (Å²) in [5.41, 5.74) is 2.49. The van der Waals surface area contributed by atoms with Crippen LogP contribution >= 0.6 is 23.5 Å². The highest BCUT2D eigenvalue weighted by Crippen LogP contribution is 2.48. The number of hydrogen-bond donors (Lipinski definition) is 1. The van der Waals surface area contributed by atoms with Crippen LogP contribution in [-0.2, 0) is 4.79 Å². The number of rotatable bonds is 5. The van der Waals surface area contributed by atoms with Gasteiger partial charge in [-0.1, -0.05) is 36.0 Å². The molecule has 0 saturated carbocycles. The molecule has 0 fully saturated rings. The SMILES string of the molecule is CC(Sc1ccc(NC(=O)c2ccco2)cc1)C(=O)N1c2ccccc2Sc2ccccc21. The van der Waals surface area contributed by atoms with Crippen molar-refractivity contribution in [1.29, 1.82) is 0 Å². The fourth-order valence-electron chi connectivity index (χ4n) is 3.60. The van der Waals surface area contributed by atoms with Gasteiger partial charge in [0, 0.05) is 20.4 Å². The van der Waals surface area contributed by atoms with Crippen LogP contribution in [0.2, 0.25) is 0 Å². The maximum atomic E-state index is 13.6. The molecule has 1 N–H and O–H groups in total. The van der Waals surface area contributed by atoms with Crippen molar-refractivity contribution in [2.75, 3.05) is 10.2 Å². The van der Waals surface area contributed by atoms with E-state index >= 15 is 0 Å². The molecule has 2 amide bonds. The van der Waals surface area contributed by atoms with Crippen molar-refractivity contribution >= 4 is 52.4 Å². The number of nitrogens with zero attached hydrogens (tertiary/aromatic N) is 1. The Labute approximate surface area is 200 Å². The molecule has 164 valence electrons. The molecule has 0 aliphatic carbocycles. The van der Waals surface area contributed by atoms with E-state index in [1.165, 1.54) is 18.0 Å². The van der Waals surface area contributed by atoms with Gasteiger partial charge in [-0.3, -0.25) is 14.5 Å². The normalized spacial score (nSPS) is 13.1. The van der Waals surface area contributed by atoms with E-state index in [0.29, 0.717) is 5.69 Å². The van der Waals surface area contributed by atoms with Crippen LogP contribution < -0.4 is 10.2 Å². The molecule has 5 rings (SSSR count). The van der Waals surface area contributed by atoms with Gasteiger partial charge < -0.3 is 9.73 Å². The summed E-state index contributed by atoms with van der Waals surface area (Å²) in [6.07, 6.45) is 1.46. The lowest BCUT2D eigenvalue weighted by molar-refractivity contribution is -0.117. The lowest BCUT2D eigenvalue weighted by Crippen LogP contribution is -2.34. The third-order valence-corrected chi connectivity index (χ3v) is 7.40. The average molecular weight is 473 g/mol. The number of nitrogens with one attached hydrogen (secondary N) is 1. The highest BCUT2D eigenvalue weighted by Gasteiger charge is 2.31. The Morgan fingerprint density at radius 1 is 0.879 bits per heavy atom. The van der Waals surface area contributed by atoms with Crippen LogP contribution in [0, 0.1) is 0 Å². The standard InChI is InChI=1S/C26H20N2O3S2/c1-17(32-19-14-12-18(13-15-19)27-25(29)22-9-6-16-31-22)26(30)28-20-7-2-4-10-23(20)33-24-11-5-3-8-21(24)28/h2-17H,1H3,(H,27,29). The molecule has 7 heteroatoms. The van der Waals surface area contributed by atoms with Crippen molar-refractivity contribution in [2.45, 2.75) is 26.9 Å². The number of furan rings is 1. The van der Waals surface area contributed by atoms with Gasteiger partial charge in [0.15, 0.2) is 5.76 Å². The summed E-state index contributed by atoms with van der Waals surface area (Å²) in [7, 11) is 0. The van der Waals surface area contributed by atoms with Crippen LogP contribution in [0.4, 0.5) is 17.1 Å². The first kappa shape index (κ1) is 21.4. The molecular formula is C26H20N2O3S2. The van der Waals surface area contributed by atoms with Gasteiger partial charge in [0.25, 0.3) is 5.91 Å². The van der Waals surface area contributed by atoms with Crippen molar-refractivity contribution in [2.24, 2.45) is 0 Å². The molecule has 1 aliphatic rings. The third-order valence-electron chi connectivity index (χ3n) is 5.17. The monoisotopic (exact) mass is 472 g/mol. The van der Waals surface area contributed by atoms with E-state index in [4.69, 9.17) is 4.42 Å². The molecule has 1 aromatic heterocycles. The van der Waals surface area contributed by atoms with E-state index in [1.807, 2.05) is 84.6 Å². The first-order valence-corrected chi connectivity index (χ1v) is 12.1. The van der Waals surface area contributed by atoms with E-state index in [9.17, 15) is 9.59 Å². The Hall–Kier alpha value is -3.42. The second kappa shape index (κ2) is 9.21. The maximum absolute atomic E-state index is 13.6. The van der Waals surface area contributed by atoms with Gasteiger partial charge >= 0.3 is 0 Å². The van der Waals surface area contributed by atoms with E-state index in [-0.39, 0.29) is 22.8 Å². The van der Waals surface area contributed by atoms with Crippen molar-refractivity contribution < 1.29 is 14.0 Å². The molecule has 0 radical (unpaired) electrons. The van der Waals surface area contributed by atoms with Crippen molar-refractivity contribution in [3.8, 4) is 0 Å². The Bertz CT molecular complexity index is 1260. The van der Waals surface area contributed by atoms with E-state index in [2.05, 4.69) is 5.32 Å². The van der Waals surface area contributed by atoms with Gasteiger partial charge in [-0.25, -0.2) is 0 Å². The van der Waals surface area contributed by atoms with Gasteiger partial charge in [-0.15, -0.1) is 11.8 Å². The van der Waals surface area contributed by atoms with E-state index in [0.717, 1.165) is 26.1 Å². The molecule has 0 saturated heterocycles. The first-order chi connectivity index (χ1) is 16.1. The number of benzene rings is 3. The molecule has 1 unspecified atom stereocenters. The van der Waals surface area contributed by atoms with Crippen LogP contribution in [0.15, 0.2) is 110 Å². The van der Waals surface area contributed by atoms with E-state index < -0.39 is 0 Å². The van der Waals surface area contributed by atoms with Gasteiger partial charge in [0.2, 0.25) is 5.91 Å². The summed E-state index contributed by atoms with van der Waals surface area (Å²) in [5.74, 6) is -0.0208. The Morgan fingerprint density at radius 2 is 1.52 bits per heavy atom. The first-order valence-electron chi connectivity index (χ1n) is 10.4. The number of carbonyl (C=O) groups is 2. The molecular weight excluding hydrogens is 452 g/mol. The lowest BCUT2D eigenvalue weighted by atomic mass is 10.2. The number of amides is 2. The van der Waals surface area contributed by atoms with Crippen molar-refractivity contribution in [1.82, 2.24) is 0 Å². The Kier molecular flexibility index (Phi) is 5.98. The molecule has 3 aromatic carbocycles. The predicted molar refractivity (Wildman–Crippen MR) is 133 cm³/mol. The van der Waals surface area contributed by atoms with Crippen LogP contribution in [0.25, 0.3) is 0 Å². The minimum Gasteiger partial charge on any atom is -0.459 e. The van der Waals surface area contributed by atoms with Crippen LogP contribution in [0.3, 0.4) is 0 Å². The molecule has 0 bridgehead atoms. The quantitative estimate of drug-likeness (QED) is 0.322. The topological polar surface area (TPSA) is 62.6 Å². The Morgan fingerprint density at radius 3 is 2.12 bits per heavy atom. The summed E-state index contributed by atoms with van der Waals surface area (Å²) in [6.45, 7) is 1.92. The van der Waals surface area contributed by atoms with E-state index in [1.54, 1.807) is 23.9 Å². The summed E-state index contributed by atoms with van der Waals surface area (Å²) < 4.78 is 5.12. The zero-order valence-corrected chi connectivity index (χ0v) is 19.4. The van der Waals surface area contributed by atoms with Crippen LogP contribution in [0.1, 0.15) is 17.5 Å². The van der Waals surface area contributed by atoms with Gasteiger partial charge in [-0.2, -0.15) is 0 Å². The smallest absolute Gasteiger partial charge is 0.291 e. The zero-order chi connectivity index (χ0) is 22.8. The van der Waals surface area contributed by atoms with Gasteiger partial charge in [0.05, 0.1) is 22.9 Å². The van der Waals surface area contributed by atoms with Gasteiger partial charge in [-0.05, 0) is 67.6 Å². The second-order valence-electron chi connectivity index (χ2n) is 7.43. The average Bonchev–Trinajstić information content (AvgIpc) is 3.38. The predicted octanol–water partition coefficient (Wildman–Crippen LogP) is 6.84. The maximum Gasteiger partial charge on any atom is 0.291 e. The molecule has 1 atom stereocenters. The minimum atomic E-state index is -0.308. The third kappa shape index (κ3) is 4.42. The molecule has 4 aromatic rings. The summed E-state index contributed by atoms with van der Waals surface area (Å²) >= 11 is 3.17. The van der Waals surface area contributed by atoms with Crippen LogP contribution in [0.5, 0.6) is 0 Å². The highest BCUT2D eigenvalue weighted by atomic mass is 32.2. The second-order valence-corrected chi connectivity index (χ2v) is 9.93. The molecule has 1 aliphatic heterocycles. The molecule has 33 heavy (non-hydrogen) atoms. The lowest BCUT2D eigenvalue weighted by Gasteiger charge is -2.32. The summed E-state index contributed by atoms with van der Waals surface area (Å²) in [4.78, 5) is 30.7.